The molecule has 0 saturated carbocycles. The van der Waals surface area contributed by atoms with Gasteiger partial charge >= 0.3 is 0 Å². The number of ether oxygens (including phenoxy) is 1. The molecular weight excluding hydrogens is 429 g/mol. The van der Waals surface area contributed by atoms with Crippen LogP contribution in [-0.4, -0.2) is 13.0 Å². The van der Waals surface area contributed by atoms with Crippen molar-refractivity contribution in [2.45, 2.75) is 13.5 Å². The maximum absolute atomic E-state index is 13.0. The van der Waals surface area contributed by atoms with Crippen LogP contribution >= 0.6 is 11.6 Å². The highest BCUT2D eigenvalue weighted by Gasteiger charge is 2.15. The molecule has 162 valence electrons. The summed E-state index contributed by atoms with van der Waals surface area (Å²) in [7, 11) is 1.58. The summed E-state index contributed by atoms with van der Waals surface area (Å²) in [6, 6.07) is 17.3. The first-order chi connectivity index (χ1) is 15.4. The fraction of sp³-hybridized carbons (Fsp3) is 0.115. The fourth-order valence-electron chi connectivity index (χ4n) is 3.50. The highest BCUT2D eigenvalue weighted by atomic mass is 35.5. The van der Waals surface area contributed by atoms with Crippen LogP contribution in [-0.2, 0) is 11.3 Å². The summed E-state index contributed by atoms with van der Waals surface area (Å²) >= 11 is 6.02. The van der Waals surface area contributed by atoms with Gasteiger partial charge in [0.05, 0.1) is 13.4 Å². The Morgan fingerprint density at radius 1 is 1.12 bits per heavy atom. The zero-order valence-electron chi connectivity index (χ0n) is 17.6. The molecule has 4 nitrogen and oxygen atoms in total. The quantitative estimate of drug-likeness (QED) is 0.336. The van der Waals surface area contributed by atoms with Crippen LogP contribution in [0, 0.1) is 5.82 Å². The van der Waals surface area contributed by atoms with Crippen molar-refractivity contribution in [3.63, 3.8) is 0 Å². The average molecular weight is 450 g/mol. The molecule has 0 aliphatic rings. The number of halogens is 2. The van der Waals surface area contributed by atoms with Gasteiger partial charge in [-0.15, -0.1) is 0 Å². The van der Waals surface area contributed by atoms with Crippen LogP contribution in [0.5, 0.6) is 5.75 Å². The van der Waals surface area contributed by atoms with E-state index in [-0.39, 0.29) is 11.7 Å². The predicted molar refractivity (Wildman–Crippen MR) is 125 cm³/mol. The van der Waals surface area contributed by atoms with Crippen LogP contribution in [0.15, 0.2) is 77.4 Å². The second-order valence-electron chi connectivity index (χ2n) is 7.38. The largest absolute Gasteiger partial charge is 0.496 e. The third kappa shape index (κ3) is 4.68. The number of carbonyl (C=O) groups excluding carboxylic acids is 1. The van der Waals surface area contributed by atoms with E-state index in [1.165, 1.54) is 18.2 Å². The number of benzene rings is 3. The van der Waals surface area contributed by atoms with Crippen molar-refractivity contribution in [3.8, 4) is 16.9 Å². The van der Waals surface area contributed by atoms with Gasteiger partial charge in [-0.3, -0.25) is 4.79 Å². The molecule has 32 heavy (non-hydrogen) atoms. The molecular formula is C26H21ClFNO3. The number of fused-ring (bicyclic) bond motifs is 1. The van der Waals surface area contributed by atoms with E-state index in [9.17, 15) is 9.18 Å². The first-order valence-corrected chi connectivity index (χ1v) is 10.4. The topological polar surface area (TPSA) is 51.5 Å². The molecule has 1 N–H and O–H groups in total. The van der Waals surface area contributed by atoms with Gasteiger partial charge in [-0.1, -0.05) is 35.9 Å². The molecule has 0 fully saturated rings. The zero-order valence-corrected chi connectivity index (χ0v) is 18.4. The van der Waals surface area contributed by atoms with Crippen LogP contribution in [0.3, 0.4) is 0 Å². The van der Waals surface area contributed by atoms with Crippen LogP contribution in [0.2, 0.25) is 5.02 Å². The predicted octanol–water partition coefficient (Wildman–Crippen LogP) is 6.62. The van der Waals surface area contributed by atoms with Gasteiger partial charge in [0.25, 0.3) is 0 Å². The third-order valence-corrected chi connectivity index (χ3v) is 5.46. The average Bonchev–Trinajstić information content (AvgIpc) is 3.21. The number of methoxy groups -OCH3 is 1. The number of rotatable bonds is 6. The van der Waals surface area contributed by atoms with Gasteiger partial charge in [0.2, 0.25) is 5.91 Å². The van der Waals surface area contributed by atoms with Gasteiger partial charge in [0.1, 0.15) is 17.1 Å². The van der Waals surface area contributed by atoms with E-state index in [4.69, 9.17) is 20.8 Å². The molecule has 0 saturated heterocycles. The number of furan rings is 1. The minimum atomic E-state index is -0.310. The van der Waals surface area contributed by atoms with Crippen molar-refractivity contribution in [1.29, 1.82) is 0 Å². The molecule has 4 aromatic rings. The number of amides is 1. The monoisotopic (exact) mass is 449 g/mol. The molecule has 0 aliphatic heterocycles. The lowest BCUT2D eigenvalue weighted by Gasteiger charge is -2.10. The van der Waals surface area contributed by atoms with E-state index < -0.39 is 0 Å². The summed E-state index contributed by atoms with van der Waals surface area (Å²) in [4.78, 5) is 12.5. The minimum absolute atomic E-state index is 0.251. The summed E-state index contributed by atoms with van der Waals surface area (Å²) in [5, 5.41) is 4.39. The molecule has 3 aromatic carbocycles. The van der Waals surface area contributed by atoms with E-state index in [0.29, 0.717) is 22.9 Å². The summed E-state index contributed by atoms with van der Waals surface area (Å²) in [6.45, 7) is 2.16. The smallest absolute Gasteiger partial charge is 0.244 e. The lowest BCUT2D eigenvalue weighted by molar-refractivity contribution is -0.116. The van der Waals surface area contributed by atoms with Crippen molar-refractivity contribution in [2.75, 3.05) is 7.11 Å². The van der Waals surface area contributed by atoms with Crippen LogP contribution in [0.1, 0.15) is 18.1 Å². The Morgan fingerprint density at radius 2 is 1.84 bits per heavy atom. The highest BCUT2D eigenvalue weighted by Crippen LogP contribution is 2.37. The van der Waals surface area contributed by atoms with Gasteiger partial charge in [-0.2, -0.15) is 0 Å². The fourth-order valence-corrected chi connectivity index (χ4v) is 3.63. The third-order valence-electron chi connectivity index (χ3n) is 5.20. The van der Waals surface area contributed by atoms with Crippen molar-refractivity contribution in [3.05, 3.63) is 95.0 Å². The first-order valence-electron chi connectivity index (χ1n) is 10.0. The normalized spacial score (nSPS) is 11.6. The molecule has 0 spiro atoms. The summed E-state index contributed by atoms with van der Waals surface area (Å²) in [6.07, 6.45) is 3.22. The lowest BCUT2D eigenvalue weighted by Crippen LogP contribution is -2.20. The number of hydrogen-bond acceptors (Lipinski definition) is 3. The van der Waals surface area contributed by atoms with Gasteiger partial charge in [0, 0.05) is 40.2 Å². The number of allylic oxidation sites excluding steroid dienone is 1. The SMILES string of the molecule is COc1cc2occ(-c3ccc(Cl)cc3)c2cc1/C(C)=C/C(=O)NCc1ccc(F)cc1. The van der Waals surface area contributed by atoms with Crippen LogP contribution < -0.4 is 10.1 Å². The molecule has 0 aliphatic carbocycles. The highest BCUT2D eigenvalue weighted by molar-refractivity contribution is 6.30. The second-order valence-corrected chi connectivity index (χ2v) is 7.81. The van der Waals surface area contributed by atoms with Gasteiger partial charge in [-0.05, 0) is 54.0 Å². The van der Waals surface area contributed by atoms with Gasteiger partial charge in [0.15, 0.2) is 0 Å². The molecule has 4 rings (SSSR count). The molecule has 1 heterocycles. The van der Waals surface area contributed by atoms with Crippen molar-refractivity contribution >= 4 is 34.1 Å². The number of carbonyl (C=O) groups is 1. The molecule has 1 amide bonds. The molecule has 0 bridgehead atoms. The molecule has 1 aromatic heterocycles. The lowest BCUT2D eigenvalue weighted by atomic mass is 9.99. The summed E-state index contributed by atoms with van der Waals surface area (Å²) in [5.41, 5.74) is 4.93. The van der Waals surface area contributed by atoms with Crippen molar-refractivity contribution < 1.29 is 18.3 Å². The Hall–Kier alpha value is -3.57. The Balaban J connectivity index is 1.62. The molecule has 0 atom stereocenters. The minimum Gasteiger partial charge on any atom is -0.496 e. The van der Waals surface area contributed by atoms with Gasteiger partial charge < -0.3 is 14.5 Å². The van der Waals surface area contributed by atoms with E-state index in [1.807, 2.05) is 43.3 Å². The first kappa shape index (κ1) is 21.7. The van der Waals surface area contributed by atoms with E-state index in [2.05, 4.69) is 5.32 Å². The summed E-state index contributed by atoms with van der Waals surface area (Å²) < 4.78 is 24.3. The van der Waals surface area contributed by atoms with Crippen LogP contribution in [0.25, 0.3) is 27.7 Å². The van der Waals surface area contributed by atoms with Crippen LogP contribution in [0.4, 0.5) is 4.39 Å². The number of nitrogens with one attached hydrogen (secondary N) is 1. The van der Waals surface area contributed by atoms with Crippen molar-refractivity contribution in [2.24, 2.45) is 0 Å². The zero-order chi connectivity index (χ0) is 22.7. The Labute approximate surface area is 190 Å². The van der Waals surface area contributed by atoms with E-state index >= 15 is 0 Å². The van der Waals surface area contributed by atoms with E-state index in [0.717, 1.165) is 33.2 Å². The number of hydrogen-bond donors (Lipinski definition) is 1. The van der Waals surface area contributed by atoms with Gasteiger partial charge in [-0.25, -0.2) is 4.39 Å². The van der Waals surface area contributed by atoms with E-state index in [1.54, 1.807) is 25.5 Å². The Kier molecular flexibility index (Phi) is 6.28. The molecule has 0 unspecified atom stereocenters. The van der Waals surface area contributed by atoms with Crippen molar-refractivity contribution in [1.82, 2.24) is 5.32 Å². The maximum atomic E-state index is 13.0. The maximum Gasteiger partial charge on any atom is 0.244 e. The Bertz CT molecular complexity index is 1290. The second kappa shape index (κ2) is 9.28. The summed E-state index contributed by atoms with van der Waals surface area (Å²) in [5.74, 6) is 0.0456. The molecule has 0 radical (unpaired) electrons. The molecule has 6 heteroatoms. The standard InChI is InChI=1S/C26H21ClFNO3/c1-16(11-26(30)29-14-17-3-9-20(28)10-4-17)21-12-22-23(18-5-7-19(27)8-6-18)15-32-25(22)13-24(21)31-2/h3-13,15H,14H2,1-2H3,(H,29,30)/b16-11+. The Morgan fingerprint density at radius 3 is 2.53 bits per heavy atom.